The molecule has 0 aliphatic heterocycles. The molecule has 4 nitrogen and oxygen atoms in total. The third kappa shape index (κ3) is 3.92. The van der Waals surface area contributed by atoms with Crippen LogP contribution in [0.15, 0.2) is 60.7 Å². The summed E-state index contributed by atoms with van der Waals surface area (Å²) in [6, 6.07) is 17.6. The number of carbonyl (C=O) groups is 2. The minimum absolute atomic E-state index is 0.269. The highest BCUT2D eigenvalue weighted by Crippen LogP contribution is 2.18. The maximum absolute atomic E-state index is 12.5. The average molecular weight is 283 g/mol. The van der Waals surface area contributed by atoms with Crippen molar-refractivity contribution in [3.8, 4) is 0 Å². The lowest BCUT2D eigenvalue weighted by Crippen LogP contribution is -2.33. The maximum atomic E-state index is 12.5. The molecule has 0 aliphatic rings. The van der Waals surface area contributed by atoms with Gasteiger partial charge in [0.15, 0.2) is 0 Å². The molecule has 0 unspecified atom stereocenters. The summed E-state index contributed by atoms with van der Waals surface area (Å²) in [5.41, 5.74) is 0.987. The molecule has 0 N–H and O–H groups in total. The van der Waals surface area contributed by atoms with Crippen LogP contribution in [0.1, 0.15) is 30.1 Å². The van der Waals surface area contributed by atoms with Crippen molar-refractivity contribution in [2.75, 3.05) is 5.06 Å². The predicted octanol–water partition coefficient (Wildman–Crippen LogP) is 3.59. The quantitative estimate of drug-likeness (QED) is 0.805. The van der Waals surface area contributed by atoms with Crippen molar-refractivity contribution in [2.45, 2.75) is 19.8 Å². The minimum Gasteiger partial charge on any atom is -0.333 e. The van der Waals surface area contributed by atoms with Crippen molar-refractivity contribution in [3.63, 3.8) is 0 Å². The average Bonchev–Trinajstić information content (AvgIpc) is 2.54. The molecule has 0 heterocycles. The van der Waals surface area contributed by atoms with Gasteiger partial charge >= 0.3 is 5.97 Å². The molecule has 4 heteroatoms. The van der Waals surface area contributed by atoms with E-state index in [1.165, 1.54) is 0 Å². The number of amides is 1. The van der Waals surface area contributed by atoms with Gasteiger partial charge in [-0.3, -0.25) is 4.79 Å². The second-order valence-corrected chi connectivity index (χ2v) is 4.51. The first kappa shape index (κ1) is 14.8. The first-order chi connectivity index (χ1) is 10.2. The third-order valence-corrected chi connectivity index (χ3v) is 2.84. The van der Waals surface area contributed by atoms with Gasteiger partial charge in [0, 0.05) is 12.0 Å². The van der Waals surface area contributed by atoms with Crippen molar-refractivity contribution in [3.05, 3.63) is 66.2 Å². The zero-order valence-corrected chi connectivity index (χ0v) is 11.9. The number of hydrogen-bond donors (Lipinski definition) is 0. The highest BCUT2D eigenvalue weighted by molar-refractivity contribution is 6.05. The molecule has 0 bridgehead atoms. The summed E-state index contributed by atoms with van der Waals surface area (Å²) in [6.07, 6.45) is 0.937. The molecule has 0 radical (unpaired) electrons. The number of para-hydroxylation sites is 1. The molecule has 21 heavy (non-hydrogen) atoms. The largest absolute Gasteiger partial charge is 0.333 e. The van der Waals surface area contributed by atoms with Gasteiger partial charge in [0.05, 0.1) is 5.69 Å². The van der Waals surface area contributed by atoms with Gasteiger partial charge in [-0.05, 0) is 30.7 Å². The Morgan fingerprint density at radius 2 is 1.52 bits per heavy atom. The summed E-state index contributed by atoms with van der Waals surface area (Å²) < 4.78 is 0. The van der Waals surface area contributed by atoms with Gasteiger partial charge in [-0.1, -0.05) is 43.3 Å². The number of nitrogens with zero attached hydrogens (tertiary/aromatic N) is 1. The Hall–Kier alpha value is -2.62. The highest BCUT2D eigenvalue weighted by Gasteiger charge is 2.21. The van der Waals surface area contributed by atoms with Crippen molar-refractivity contribution in [1.29, 1.82) is 0 Å². The van der Waals surface area contributed by atoms with Gasteiger partial charge in [0.1, 0.15) is 0 Å². The monoisotopic (exact) mass is 283 g/mol. The van der Waals surface area contributed by atoms with Crippen LogP contribution in [-0.4, -0.2) is 11.9 Å². The van der Waals surface area contributed by atoms with Crippen LogP contribution in [0.2, 0.25) is 0 Å². The van der Waals surface area contributed by atoms with E-state index in [1.807, 2.05) is 19.1 Å². The Morgan fingerprint density at radius 3 is 2.10 bits per heavy atom. The molecule has 0 atom stereocenters. The molecule has 0 aliphatic carbocycles. The van der Waals surface area contributed by atoms with Gasteiger partial charge in [-0.15, -0.1) is 5.06 Å². The zero-order valence-electron chi connectivity index (χ0n) is 11.9. The Labute approximate surface area is 123 Å². The molecule has 2 aromatic carbocycles. The van der Waals surface area contributed by atoms with Crippen LogP contribution in [-0.2, 0) is 9.63 Å². The SMILES string of the molecule is CCCC(=O)ON(C(=O)c1ccccc1)c1ccccc1. The van der Waals surface area contributed by atoms with E-state index in [-0.39, 0.29) is 12.3 Å². The summed E-state index contributed by atoms with van der Waals surface area (Å²) in [6.45, 7) is 1.88. The summed E-state index contributed by atoms with van der Waals surface area (Å²) in [5.74, 6) is -0.795. The van der Waals surface area contributed by atoms with Gasteiger partial charge < -0.3 is 4.84 Å². The lowest BCUT2D eigenvalue weighted by atomic mass is 10.2. The van der Waals surface area contributed by atoms with Crippen molar-refractivity contribution in [1.82, 2.24) is 0 Å². The molecule has 0 saturated carbocycles. The number of hydrogen-bond acceptors (Lipinski definition) is 3. The van der Waals surface area contributed by atoms with Crippen molar-refractivity contribution < 1.29 is 14.4 Å². The summed E-state index contributed by atoms with van der Waals surface area (Å²) in [7, 11) is 0. The molecule has 0 saturated heterocycles. The first-order valence-corrected chi connectivity index (χ1v) is 6.87. The lowest BCUT2D eigenvalue weighted by Gasteiger charge is -2.21. The standard InChI is InChI=1S/C17H17NO3/c1-2-9-16(19)21-18(15-12-7-4-8-13-15)17(20)14-10-5-3-6-11-14/h3-8,10-13H,2,9H2,1H3. The molecule has 2 aromatic rings. The van der Waals surface area contributed by atoms with E-state index in [1.54, 1.807) is 48.5 Å². The molecule has 1 amide bonds. The van der Waals surface area contributed by atoms with Crippen LogP contribution in [0, 0.1) is 0 Å². The number of hydroxylamine groups is 1. The van der Waals surface area contributed by atoms with Crippen LogP contribution in [0.5, 0.6) is 0 Å². The number of carbonyl (C=O) groups excluding carboxylic acids is 2. The molecule has 0 aromatic heterocycles. The summed E-state index contributed by atoms with van der Waals surface area (Å²) in [4.78, 5) is 29.5. The van der Waals surface area contributed by atoms with E-state index < -0.39 is 5.97 Å². The normalized spacial score (nSPS) is 9.95. The summed E-state index contributed by atoms with van der Waals surface area (Å²) in [5, 5.41) is 1.05. The van der Waals surface area contributed by atoms with E-state index in [2.05, 4.69) is 0 Å². The van der Waals surface area contributed by atoms with Gasteiger partial charge in [-0.25, -0.2) is 4.79 Å². The predicted molar refractivity (Wildman–Crippen MR) is 80.7 cm³/mol. The Balaban J connectivity index is 2.28. The van der Waals surface area contributed by atoms with Crippen LogP contribution < -0.4 is 5.06 Å². The fourth-order valence-electron chi connectivity index (χ4n) is 1.82. The van der Waals surface area contributed by atoms with Gasteiger partial charge in [-0.2, -0.15) is 0 Å². The smallest absolute Gasteiger partial charge is 0.333 e. The van der Waals surface area contributed by atoms with Crippen molar-refractivity contribution >= 4 is 17.6 Å². The van der Waals surface area contributed by atoms with E-state index >= 15 is 0 Å². The molecule has 0 fully saturated rings. The second-order valence-electron chi connectivity index (χ2n) is 4.51. The van der Waals surface area contributed by atoms with Crippen LogP contribution in [0.3, 0.4) is 0 Å². The van der Waals surface area contributed by atoms with Gasteiger partial charge in [0.2, 0.25) is 0 Å². The Morgan fingerprint density at radius 1 is 0.952 bits per heavy atom. The minimum atomic E-state index is -0.425. The fourth-order valence-corrected chi connectivity index (χ4v) is 1.82. The van der Waals surface area contributed by atoms with E-state index in [0.717, 1.165) is 5.06 Å². The van der Waals surface area contributed by atoms with Gasteiger partial charge in [0.25, 0.3) is 5.91 Å². The Bertz CT molecular complexity index is 596. The molecule has 0 spiro atoms. The fraction of sp³-hybridized carbons (Fsp3) is 0.176. The van der Waals surface area contributed by atoms with E-state index in [0.29, 0.717) is 17.7 Å². The number of anilines is 1. The van der Waals surface area contributed by atoms with Crippen molar-refractivity contribution in [2.24, 2.45) is 0 Å². The number of benzene rings is 2. The van der Waals surface area contributed by atoms with E-state index in [9.17, 15) is 9.59 Å². The van der Waals surface area contributed by atoms with Crippen LogP contribution in [0.25, 0.3) is 0 Å². The highest BCUT2D eigenvalue weighted by atomic mass is 16.7. The number of rotatable bonds is 4. The summed E-state index contributed by atoms with van der Waals surface area (Å²) >= 11 is 0. The molecule has 2 rings (SSSR count). The zero-order chi connectivity index (χ0) is 15.1. The van der Waals surface area contributed by atoms with Crippen LogP contribution in [0.4, 0.5) is 5.69 Å². The Kier molecular flexibility index (Phi) is 5.10. The molecular formula is C17H17NO3. The lowest BCUT2D eigenvalue weighted by molar-refractivity contribution is -0.144. The third-order valence-electron chi connectivity index (χ3n) is 2.84. The first-order valence-electron chi connectivity index (χ1n) is 6.87. The molecule has 108 valence electrons. The topological polar surface area (TPSA) is 46.6 Å². The van der Waals surface area contributed by atoms with Crippen LogP contribution >= 0.6 is 0 Å². The maximum Gasteiger partial charge on any atom is 0.333 e. The molecular weight excluding hydrogens is 266 g/mol. The van der Waals surface area contributed by atoms with E-state index in [4.69, 9.17) is 4.84 Å². The second kappa shape index (κ2) is 7.24.